The number of imide groups is 2. The topological polar surface area (TPSA) is 131 Å². The van der Waals surface area contributed by atoms with E-state index < -0.39 is 47.8 Å². The lowest BCUT2D eigenvalue weighted by Crippen LogP contribution is -2.54. The Morgan fingerprint density at radius 1 is 1.21 bits per heavy atom. The third kappa shape index (κ3) is 4.27. The van der Waals surface area contributed by atoms with E-state index >= 15 is 0 Å². The molecule has 0 aromatic heterocycles. The average molecular weight is 403 g/mol. The Kier molecular flexibility index (Phi) is 5.38. The van der Waals surface area contributed by atoms with Crippen LogP contribution in [0.15, 0.2) is 18.2 Å². The molecule has 1 fully saturated rings. The van der Waals surface area contributed by atoms with E-state index in [4.69, 9.17) is 9.57 Å². The minimum Gasteiger partial charge on any atom is -0.483 e. The first-order valence-electron chi connectivity index (χ1n) is 9.03. The molecule has 3 rings (SSSR count). The van der Waals surface area contributed by atoms with Gasteiger partial charge in [-0.05, 0) is 39.3 Å². The smallest absolute Gasteiger partial charge is 0.281 e. The molecule has 10 nitrogen and oxygen atoms in total. The van der Waals surface area contributed by atoms with E-state index in [9.17, 15) is 24.0 Å². The third-order valence-electron chi connectivity index (χ3n) is 4.26. The van der Waals surface area contributed by atoms with Gasteiger partial charge >= 0.3 is 0 Å². The van der Waals surface area contributed by atoms with Crippen LogP contribution in [-0.4, -0.2) is 52.7 Å². The summed E-state index contributed by atoms with van der Waals surface area (Å²) < 4.78 is 5.43. The minimum absolute atomic E-state index is 0.0215. The summed E-state index contributed by atoms with van der Waals surface area (Å²) in [4.78, 5) is 66.9. The lowest BCUT2D eigenvalue weighted by atomic mass is 10.0. The van der Waals surface area contributed by atoms with Gasteiger partial charge < -0.3 is 4.74 Å². The van der Waals surface area contributed by atoms with Crippen molar-refractivity contribution in [1.82, 2.24) is 15.7 Å². The molecule has 0 bridgehead atoms. The maximum Gasteiger partial charge on any atom is 0.281 e. The predicted molar refractivity (Wildman–Crippen MR) is 97.6 cm³/mol. The molecule has 0 spiro atoms. The molecule has 154 valence electrons. The van der Waals surface area contributed by atoms with Crippen molar-refractivity contribution >= 4 is 29.5 Å². The number of carbonyl (C=O) groups is 5. The zero-order valence-corrected chi connectivity index (χ0v) is 16.2. The Morgan fingerprint density at radius 2 is 1.93 bits per heavy atom. The van der Waals surface area contributed by atoms with Crippen LogP contribution in [0.3, 0.4) is 0 Å². The molecule has 0 saturated carbocycles. The Labute approximate surface area is 166 Å². The molecule has 1 unspecified atom stereocenters. The number of carbonyl (C=O) groups excluding carboxylic acids is 5. The lowest BCUT2D eigenvalue weighted by molar-refractivity contribution is -0.147. The van der Waals surface area contributed by atoms with Crippen molar-refractivity contribution in [3.63, 3.8) is 0 Å². The van der Waals surface area contributed by atoms with Crippen molar-refractivity contribution in [2.45, 2.75) is 45.3 Å². The Bertz CT molecular complexity index is 904. The first-order valence-corrected chi connectivity index (χ1v) is 9.03. The summed E-state index contributed by atoms with van der Waals surface area (Å²) in [5.41, 5.74) is 1.70. The first kappa shape index (κ1) is 20.5. The van der Waals surface area contributed by atoms with Crippen LogP contribution in [0.2, 0.25) is 0 Å². The number of nitrogens with zero attached hydrogens (tertiary/aromatic N) is 1. The molecule has 2 N–H and O–H groups in total. The van der Waals surface area contributed by atoms with Gasteiger partial charge in [0.2, 0.25) is 11.8 Å². The summed E-state index contributed by atoms with van der Waals surface area (Å²) in [6.07, 6.45) is 0.0833. The van der Waals surface area contributed by atoms with Gasteiger partial charge in [0.1, 0.15) is 11.8 Å². The summed E-state index contributed by atoms with van der Waals surface area (Å²) >= 11 is 0. The fourth-order valence-corrected chi connectivity index (χ4v) is 2.99. The van der Waals surface area contributed by atoms with Crippen molar-refractivity contribution in [3.05, 3.63) is 29.3 Å². The molecule has 1 aromatic carbocycles. The number of ether oxygens (including phenoxy) is 1. The highest BCUT2D eigenvalue weighted by Crippen LogP contribution is 2.33. The largest absolute Gasteiger partial charge is 0.483 e. The summed E-state index contributed by atoms with van der Waals surface area (Å²) in [6, 6.07) is 3.33. The van der Waals surface area contributed by atoms with Crippen LogP contribution in [0, 0.1) is 0 Å². The molecule has 1 atom stereocenters. The average Bonchev–Trinajstić information content (AvgIpc) is 2.89. The van der Waals surface area contributed by atoms with Crippen LogP contribution >= 0.6 is 0 Å². The summed E-state index contributed by atoms with van der Waals surface area (Å²) in [5.74, 6) is -3.03. The molecule has 2 aliphatic heterocycles. The van der Waals surface area contributed by atoms with Crippen LogP contribution in [0.5, 0.6) is 5.75 Å². The number of hydrogen-bond acceptors (Lipinski definition) is 7. The van der Waals surface area contributed by atoms with Crippen LogP contribution < -0.4 is 15.5 Å². The highest BCUT2D eigenvalue weighted by molar-refractivity contribution is 6.24. The number of nitrogens with one attached hydrogen (secondary N) is 2. The standard InChI is InChI=1S/C19H21N3O7/c1-19(2,3)29-21-14(24)9-28-12-6-4-5-10-15(12)18(27)22(17(10)26)11-7-8-13(23)20-16(11)25/h4-6,11H,7-9H2,1-3H3,(H,21,24)(H,20,23,25). The quantitative estimate of drug-likeness (QED) is 0.534. The summed E-state index contributed by atoms with van der Waals surface area (Å²) in [6.45, 7) is 4.83. The van der Waals surface area contributed by atoms with E-state index in [2.05, 4.69) is 10.8 Å². The Morgan fingerprint density at radius 3 is 2.59 bits per heavy atom. The summed E-state index contributed by atoms with van der Waals surface area (Å²) in [7, 11) is 0. The van der Waals surface area contributed by atoms with E-state index in [1.807, 2.05) is 0 Å². The third-order valence-corrected chi connectivity index (χ3v) is 4.26. The SMILES string of the molecule is CC(C)(C)ONC(=O)COc1cccc2c1C(=O)N(C1CCC(=O)NC1=O)C2=O. The zero-order valence-electron chi connectivity index (χ0n) is 16.2. The molecule has 1 saturated heterocycles. The highest BCUT2D eigenvalue weighted by atomic mass is 16.7. The fraction of sp³-hybridized carbons (Fsp3) is 0.421. The maximum atomic E-state index is 12.9. The predicted octanol–water partition coefficient (Wildman–Crippen LogP) is 0.313. The van der Waals surface area contributed by atoms with Crippen LogP contribution in [0.4, 0.5) is 0 Å². The van der Waals surface area contributed by atoms with Crippen molar-refractivity contribution in [3.8, 4) is 5.75 Å². The van der Waals surface area contributed by atoms with Gasteiger partial charge in [0, 0.05) is 6.42 Å². The normalized spacial score (nSPS) is 19.1. The van der Waals surface area contributed by atoms with Gasteiger partial charge in [0.15, 0.2) is 6.61 Å². The zero-order chi connectivity index (χ0) is 21.3. The highest BCUT2D eigenvalue weighted by Gasteiger charge is 2.46. The monoisotopic (exact) mass is 403 g/mol. The van der Waals surface area contributed by atoms with Gasteiger partial charge in [-0.3, -0.25) is 39.0 Å². The van der Waals surface area contributed by atoms with E-state index in [1.165, 1.54) is 18.2 Å². The van der Waals surface area contributed by atoms with Crippen molar-refractivity contribution in [2.24, 2.45) is 0 Å². The second-order valence-electron chi connectivity index (χ2n) is 7.65. The molecule has 2 heterocycles. The van der Waals surface area contributed by atoms with Gasteiger partial charge in [0.05, 0.1) is 16.7 Å². The van der Waals surface area contributed by atoms with Gasteiger partial charge in [-0.1, -0.05) is 6.07 Å². The lowest BCUT2D eigenvalue weighted by Gasteiger charge is -2.27. The van der Waals surface area contributed by atoms with E-state index in [-0.39, 0.29) is 29.7 Å². The summed E-state index contributed by atoms with van der Waals surface area (Å²) in [5, 5.41) is 2.13. The number of hydroxylamine groups is 1. The van der Waals surface area contributed by atoms with E-state index in [1.54, 1.807) is 20.8 Å². The molecule has 29 heavy (non-hydrogen) atoms. The van der Waals surface area contributed by atoms with Gasteiger partial charge in [-0.25, -0.2) is 5.48 Å². The maximum absolute atomic E-state index is 12.9. The number of piperidine rings is 1. The molecule has 5 amide bonds. The number of fused-ring (bicyclic) bond motifs is 1. The second-order valence-corrected chi connectivity index (χ2v) is 7.65. The number of amides is 5. The Hall–Kier alpha value is -3.27. The first-order chi connectivity index (χ1) is 13.6. The molecule has 0 aliphatic carbocycles. The fourth-order valence-electron chi connectivity index (χ4n) is 2.99. The van der Waals surface area contributed by atoms with Crippen LogP contribution in [0.25, 0.3) is 0 Å². The molecule has 10 heteroatoms. The van der Waals surface area contributed by atoms with Gasteiger partial charge in [-0.2, -0.15) is 0 Å². The number of rotatable bonds is 5. The minimum atomic E-state index is -1.07. The Balaban J connectivity index is 1.75. The van der Waals surface area contributed by atoms with Crippen molar-refractivity contribution in [2.75, 3.05) is 6.61 Å². The number of hydrogen-bond donors (Lipinski definition) is 2. The van der Waals surface area contributed by atoms with Crippen LogP contribution in [0.1, 0.15) is 54.3 Å². The molecule has 1 aromatic rings. The molecular weight excluding hydrogens is 382 g/mol. The van der Waals surface area contributed by atoms with E-state index in [0.717, 1.165) is 4.90 Å². The molecule has 0 radical (unpaired) electrons. The van der Waals surface area contributed by atoms with Gasteiger partial charge in [0.25, 0.3) is 17.7 Å². The second kappa shape index (κ2) is 7.63. The van der Waals surface area contributed by atoms with Crippen LogP contribution in [-0.2, 0) is 19.2 Å². The molecule has 2 aliphatic rings. The van der Waals surface area contributed by atoms with Crippen molar-refractivity contribution < 1.29 is 33.5 Å². The van der Waals surface area contributed by atoms with Crippen molar-refractivity contribution in [1.29, 1.82) is 0 Å². The molecular formula is C19H21N3O7. The van der Waals surface area contributed by atoms with E-state index in [0.29, 0.717) is 0 Å². The number of benzene rings is 1. The van der Waals surface area contributed by atoms with Gasteiger partial charge in [-0.15, -0.1) is 0 Å².